The van der Waals surface area contributed by atoms with Gasteiger partial charge in [0.1, 0.15) is 0 Å². The highest BCUT2D eigenvalue weighted by molar-refractivity contribution is 5.58. The van der Waals surface area contributed by atoms with E-state index < -0.39 is 0 Å². The molecule has 0 bridgehead atoms. The Labute approximate surface area is 119 Å². The first kappa shape index (κ1) is 13.3. The van der Waals surface area contributed by atoms with Gasteiger partial charge >= 0.3 is 0 Å². The van der Waals surface area contributed by atoms with E-state index >= 15 is 0 Å². The zero-order chi connectivity index (χ0) is 13.8. The molecule has 0 spiro atoms. The molecule has 1 saturated heterocycles. The average molecular weight is 271 g/mol. The lowest BCUT2D eigenvalue weighted by atomic mass is 9.93. The molecule has 4 nitrogen and oxygen atoms in total. The van der Waals surface area contributed by atoms with Crippen molar-refractivity contribution >= 4 is 0 Å². The minimum atomic E-state index is 0.711. The maximum absolute atomic E-state index is 5.39. The molecule has 2 aromatic rings. The van der Waals surface area contributed by atoms with Crippen LogP contribution in [0.25, 0.3) is 11.4 Å². The van der Waals surface area contributed by atoms with Crippen molar-refractivity contribution in [2.24, 2.45) is 5.92 Å². The van der Waals surface area contributed by atoms with E-state index in [9.17, 15) is 0 Å². The van der Waals surface area contributed by atoms with Crippen molar-refractivity contribution in [3.63, 3.8) is 0 Å². The molecule has 0 radical (unpaired) electrons. The average Bonchev–Trinajstić information content (AvgIpc) is 2.95. The highest BCUT2D eigenvalue weighted by Gasteiger charge is 2.15. The zero-order valence-corrected chi connectivity index (χ0v) is 11.9. The minimum Gasteiger partial charge on any atom is -0.339 e. The van der Waals surface area contributed by atoms with Crippen LogP contribution in [-0.2, 0) is 6.42 Å². The molecule has 0 amide bonds. The van der Waals surface area contributed by atoms with E-state index in [0.29, 0.717) is 5.82 Å². The lowest BCUT2D eigenvalue weighted by Crippen LogP contribution is -2.27. The van der Waals surface area contributed by atoms with Crippen LogP contribution >= 0.6 is 0 Å². The van der Waals surface area contributed by atoms with Gasteiger partial charge in [0.05, 0.1) is 0 Å². The van der Waals surface area contributed by atoms with E-state index in [1.807, 2.05) is 18.2 Å². The van der Waals surface area contributed by atoms with Crippen LogP contribution in [0.4, 0.5) is 0 Å². The summed E-state index contributed by atoms with van der Waals surface area (Å²) in [6.07, 6.45) is 4.57. The van der Waals surface area contributed by atoms with Gasteiger partial charge in [-0.2, -0.15) is 4.98 Å². The van der Waals surface area contributed by atoms with Crippen LogP contribution in [0, 0.1) is 12.8 Å². The van der Waals surface area contributed by atoms with Gasteiger partial charge in [0.15, 0.2) is 0 Å². The first-order valence-electron chi connectivity index (χ1n) is 7.42. The van der Waals surface area contributed by atoms with E-state index in [-0.39, 0.29) is 0 Å². The number of aryl methyl sites for hydroxylation is 2. The Bertz CT molecular complexity index is 558. The Morgan fingerprint density at radius 3 is 2.85 bits per heavy atom. The summed E-state index contributed by atoms with van der Waals surface area (Å²) in [5.41, 5.74) is 2.24. The molecule has 1 fully saturated rings. The quantitative estimate of drug-likeness (QED) is 0.928. The Morgan fingerprint density at radius 1 is 1.25 bits per heavy atom. The number of benzene rings is 1. The van der Waals surface area contributed by atoms with Crippen molar-refractivity contribution in [2.75, 3.05) is 13.1 Å². The van der Waals surface area contributed by atoms with Gasteiger partial charge in [-0.05, 0) is 50.8 Å². The van der Waals surface area contributed by atoms with Crippen LogP contribution < -0.4 is 5.32 Å². The van der Waals surface area contributed by atoms with Gasteiger partial charge in [-0.25, -0.2) is 0 Å². The lowest BCUT2D eigenvalue weighted by molar-refractivity contribution is 0.324. The molecule has 1 aromatic heterocycles. The standard InChI is InChI=1S/C16H21N3O/c1-12-4-2-3-5-14(12)16-18-15(20-19-16)7-6-13-8-10-17-11-9-13/h2-5,13,17H,6-11H2,1H3. The zero-order valence-electron chi connectivity index (χ0n) is 11.9. The number of nitrogens with zero attached hydrogens (tertiary/aromatic N) is 2. The van der Waals surface area contributed by atoms with Crippen LogP contribution in [0.1, 0.15) is 30.7 Å². The monoisotopic (exact) mass is 271 g/mol. The third kappa shape index (κ3) is 3.07. The largest absolute Gasteiger partial charge is 0.339 e. The Kier molecular flexibility index (Phi) is 4.11. The molecule has 4 heteroatoms. The summed E-state index contributed by atoms with van der Waals surface area (Å²) < 4.78 is 5.39. The van der Waals surface area contributed by atoms with E-state index in [4.69, 9.17) is 4.52 Å². The SMILES string of the molecule is Cc1ccccc1-c1noc(CCC2CCNCC2)n1. The fourth-order valence-corrected chi connectivity index (χ4v) is 2.79. The second-order valence-electron chi connectivity index (χ2n) is 5.56. The Morgan fingerprint density at radius 2 is 2.05 bits per heavy atom. The molecule has 0 unspecified atom stereocenters. The molecule has 1 aromatic carbocycles. The molecule has 20 heavy (non-hydrogen) atoms. The van der Waals surface area contributed by atoms with Crippen molar-refractivity contribution in [3.8, 4) is 11.4 Å². The number of aromatic nitrogens is 2. The van der Waals surface area contributed by atoms with E-state index in [0.717, 1.165) is 43.3 Å². The van der Waals surface area contributed by atoms with Crippen molar-refractivity contribution in [1.29, 1.82) is 0 Å². The van der Waals surface area contributed by atoms with E-state index in [1.165, 1.54) is 18.4 Å². The predicted octanol–water partition coefficient (Wildman–Crippen LogP) is 2.98. The van der Waals surface area contributed by atoms with Gasteiger partial charge in [-0.3, -0.25) is 0 Å². The number of hydrogen-bond donors (Lipinski definition) is 1. The molecule has 1 aliphatic rings. The molecule has 0 atom stereocenters. The van der Waals surface area contributed by atoms with Crippen molar-refractivity contribution in [1.82, 2.24) is 15.5 Å². The smallest absolute Gasteiger partial charge is 0.226 e. The van der Waals surface area contributed by atoms with Crippen LogP contribution in [0.3, 0.4) is 0 Å². The maximum atomic E-state index is 5.39. The van der Waals surface area contributed by atoms with Crippen LogP contribution in [0.15, 0.2) is 28.8 Å². The molecule has 1 N–H and O–H groups in total. The fourth-order valence-electron chi connectivity index (χ4n) is 2.79. The molecular weight excluding hydrogens is 250 g/mol. The Hall–Kier alpha value is -1.68. The van der Waals surface area contributed by atoms with Gasteiger partial charge < -0.3 is 9.84 Å². The molecular formula is C16H21N3O. The summed E-state index contributed by atoms with van der Waals surface area (Å²) in [6, 6.07) is 8.14. The second-order valence-corrected chi connectivity index (χ2v) is 5.56. The van der Waals surface area contributed by atoms with Crippen LogP contribution in [-0.4, -0.2) is 23.2 Å². The van der Waals surface area contributed by atoms with Gasteiger partial charge in [0.2, 0.25) is 11.7 Å². The third-order valence-electron chi connectivity index (χ3n) is 4.08. The van der Waals surface area contributed by atoms with Crippen molar-refractivity contribution in [2.45, 2.75) is 32.6 Å². The fraction of sp³-hybridized carbons (Fsp3) is 0.500. The predicted molar refractivity (Wildman–Crippen MR) is 78.4 cm³/mol. The first-order chi connectivity index (χ1) is 9.83. The summed E-state index contributed by atoms with van der Waals surface area (Å²) in [4.78, 5) is 4.53. The molecule has 3 rings (SSSR count). The number of nitrogens with one attached hydrogen (secondary N) is 1. The molecule has 0 aliphatic carbocycles. The summed E-state index contributed by atoms with van der Waals surface area (Å²) >= 11 is 0. The number of rotatable bonds is 4. The topological polar surface area (TPSA) is 51.0 Å². The highest BCUT2D eigenvalue weighted by Crippen LogP contribution is 2.22. The van der Waals surface area contributed by atoms with Crippen molar-refractivity contribution < 1.29 is 4.52 Å². The highest BCUT2D eigenvalue weighted by atomic mass is 16.5. The van der Waals surface area contributed by atoms with Crippen LogP contribution in [0.2, 0.25) is 0 Å². The number of hydrogen-bond acceptors (Lipinski definition) is 4. The summed E-state index contributed by atoms with van der Waals surface area (Å²) in [6.45, 7) is 4.35. The number of piperidine rings is 1. The molecule has 1 aliphatic heterocycles. The maximum Gasteiger partial charge on any atom is 0.226 e. The van der Waals surface area contributed by atoms with Gasteiger partial charge in [-0.1, -0.05) is 29.4 Å². The summed E-state index contributed by atoms with van der Waals surface area (Å²) in [7, 11) is 0. The van der Waals surface area contributed by atoms with Crippen LogP contribution in [0.5, 0.6) is 0 Å². The summed E-state index contributed by atoms with van der Waals surface area (Å²) in [5, 5.41) is 7.51. The molecule has 2 heterocycles. The third-order valence-corrected chi connectivity index (χ3v) is 4.08. The van der Waals surface area contributed by atoms with Gasteiger partial charge in [0.25, 0.3) is 0 Å². The van der Waals surface area contributed by atoms with Gasteiger partial charge in [-0.15, -0.1) is 0 Å². The normalized spacial score (nSPS) is 16.4. The Balaban J connectivity index is 1.63. The van der Waals surface area contributed by atoms with Crippen molar-refractivity contribution in [3.05, 3.63) is 35.7 Å². The summed E-state index contributed by atoms with van der Waals surface area (Å²) in [5.74, 6) is 2.27. The molecule has 106 valence electrons. The van der Waals surface area contributed by atoms with E-state index in [1.54, 1.807) is 0 Å². The lowest BCUT2D eigenvalue weighted by Gasteiger charge is -2.21. The molecule has 0 saturated carbocycles. The van der Waals surface area contributed by atoms with E-state index in [2.05, 4.69) is 28.4 Å². The first-order valence-corrected chi connectivity index (χ1v) is 7.42. The minimum absolute atomic E-state index is 0.711. The second kappa shape index (κ2) is 6.18. The van der Waals surface area contributed by atoms with Gasteiger partial charge in [0, 0.05) is 12.0 Å².